The van der Waals surface area contributed by atoms with Crippen molar-refractivity contribution in [2.24, 2.45) is 5.73 Å². The molecule has 0 aromatic heterocycles. The third-order valence-corrected chi connectivity index (χ3v) is 1.60. The Morgan fingerprint density at radius 2 is 2.60 bits per heavy atom. The van der Waals surface area contributed by atoms with Gasteiger partial charge in [-0.1, -0.05) is 0 Å². The zero-order chi connectivity index (χ0) is 7.56. The highest BCUT2D eigenvalue weighted by Gasteiger charge is 2.24. The predicted octanol–water partition coefficient (Wildman–Crippen LogP) is -0.400. The zero-order valence-electron chi connectivity index (χ0n) is 5.91. The summed E-state index contributed by atoms with van der Waals surface area (Å²) in [5.74, 6) is 0. The van der Waals surface area contributed by atoms with E-state index in [0.29, 0.717) is 13.1 Å². The number of nitrogens with zero attached hydrogens (tertiary/aromatic N) is 1. The van der Waals surface area contributed by atoms with E-state index in [1.165, 1.54) is 4.90 Å². The molecule has 0 aliphatic carbocycles. The van der Waals surface area contributed by atoms with Gasteiger partial charge in [0.05, 0.1) is 6.10 Å². The molecule has 4 nitrogen and oxygen atoms in total. The van der Waals surface area contributed by atoms with E-state index in [9.17, 15) is 4.79 Å². The minimum absolute atomic E-state index is 0.0625. The fourth-order valence-corrected chi connectivity index (χ4v) is 0.962. The van der Waals surface area contributed by atoms with Crippen LogP contribution in [0.3, 0.4) is 0 Å². The molecule has 0 saturated carbocycles. The van der Waals surface area contributed by atoms with Crippen molar-refractivity contribution in [2.75, 3.05) is 20.2 Å². The molecule has 0 unspecified atom stereocenters. The highest BCUT2D eigenvalue weighted by molar-refractivity contribution is 5.72. The number of carbonyl (C=O) groups is 1. The van der Waals surface area contributed by atoms with Gasteiger partial charge >= 0.3 is 6.03 Å². The van der Waals surface area contributed by atoms with E-state index < -0.39 is 0 Å². The van der Waals surface area contributed by atoms with Gasteiger partial charge < -0.3 is 15.4 Å². The minimum Gasteiger partial charge on any atom is -0.379 e. The second-order valence-corrected chi connectivity index (χ2v) is 2.25. The lowest BCUT2D eigenvalue weighted by molar-refractivity contribution is 0.129. The number of hydrogen-bond acceptors (Lipinski definition) is 2. The van der Waals surface area contributed by atoms with E-state index in [2.05, 4.69) is 0 Å². The number of ether oxygens (including phenoxy) is 1. The molecule has 2 amide bonds. The summed E-state index contributed by atoms with van der Waals surface area (Å²) in [6, 6.07) is -0.379. The van der Waals surface area contributed by atoms with Gasteiger partial charge in [0.1, 0.15) is 0 Å². The Kier molecular flexibility index (Phi) is 2.11. The third-order valence-electron chi connectivity index (χ3n) is 1.60. The summed E-state index contributed by atoms with van der Waals surface area (Å²) in [5, 5.41) is 0. The molecule has 1 fully saturated rings. The predicted molar refractivity (Wildman–Crippen MR) is 36.3 cm³/mol. The second kappa shape index (κ2) is 2.88. The number of rotatable bonds is 1. The van der Waals surface area contributed by atoms with Crippen molar-refractivity contribution in [3.05, 3.63) is 6.42 Å². The molecule has 0 bridgehead atoms. The van der Waals surface area contributed by atoms with Crippen LogP contribution in [0.15, 0.2) is 0 Å². The Morgan fingerprint density at radius 1 is 1.90 bits per heavy atom. The molecule has 1 aliphatic rings. The Labute approximate surface area is 59.9 Å². The van der Waals surface area contributed by atoms with Crippen molar-refractivity contribution in [3.8, 4) is 0 Å². The van der Waals surface area contributed by atoms with Crippen LogP contribution >= 0.6 is 0 Å². The normalized spacial score (nSPS) is 25.3. The van der Waals surface area contributed by atoms with Gasteiger partial charge in [-0.05, 0) is 0 Å². The molecule has 4 heteroatoms. The number of primary amides is 1. The first-order valence-electron chi connectivity index (χ1n) is 3.14. The standard InChI is InChI=1S/C6H11N2O2/c1-10-5-2-3-8(4-5)6(7)9/h2,5H,3-4H2,1H3,(H2,7,9)/t5-/m0/s1. The van der Waals surface area contributed by atoms with Gasteiger partial charge in [0.15, 0.2) is 0 Å². The minimum atomic E-state index is -0.379. The summed E-state index contributed by atoms with van der Waals surface area (Å²) in [7, 11) is 1.62. The monoisotopic (exact) mass is 143 g/mol. The maximum absolute atomic E-state index is 10.5. The highest BCUT2D eigenvalue weighted by Crippen LogP contribution is 2.09. The summed E-state index contributed by atoms with van der Waals surface area (Å²) in [6.45, 7) is 1.19. The lowest BCUT2D eigenvalue weighted by Crippen LogP contribution is -2.34. The van der Waals surface area contributed by atoms with Crippen molar-refractivity contribution >= 4 is 6.03 Å². The van der Waals surface area contributed by atoms with Crippen LogP contribution in [0.2, 0.25) is 0 Å². The Bertz CT molecular complexity index is 138. The molecule has 1 rings (SSSR count). The molecule has 0 spiro atoms. The molecule has 2 N–H and O–H groups in total. The largest absolute Gasteiger partial charge is 0.379 e. The van der Waals surface area contributed by atoms with Gasteiger partial charge in [0.25, 0.3) is 0 Å². The maximum Gasteiger partial charge on any atom is 0.314 e. The third kappa shape index (κ3) is 1.39. The van der Waals surface area contributed by atoms with Crippen molar-refractivity contribution in [1.29, 1.82) is 0 Å². The highest BCUT2D eigenvalue weighted by atomic mass is 16.5. The Hall–Kier alpha value is -0.770. The molecule has 1 aliphatic heterocycles. The number of methoxy groups -OCH3 is 1. The average Bonchev–Trinajstić information content (AvgIpc) is 2.34. The van der Waals surface area contributed by atoms with Crippen LogP contribution in [0, 0.1) is 6.42 Å². The molecular weight excluding hydrogens is 132 g/mol. The first-order valence-corrected chi connectivity index (χ1v) is 3.14. The van der Waals surface area contributed by atoms with E-state index in [-0.39, 0.29) is 12.1 Å². The number of nitrogens with two attached hydrogens (primary N) is 1. The van der Waals surface area contributed by atoms with Gasteiger partial charge in [0.2, 0.25) is 0 Å². The first-order chi connectivity index (χ1) is 4.74. The SMILES string of the molecule is CO[C@H]1[CH]CN(C(N)=O)C1. The topological polar surface area (TPSA) is 55.6 Å². The van der Waals surface area contributed by atoms with Crippen LogP contribution in [-0.2, 0) is 4.74 Å². The van der Waals surface area contributed by atoms with E-state index in [1.807, 2.05) is 6.42 Å². The summed E-state index contributed by atoms with van der Waals surface area (Å²) in [5.41, 5.74) is 5.03. The van der Waals surface area contributed by atoms with Crippen LogP contribution < -0.4 is 5.73 Å². The molecule has 0 aromatic rings. The van der Waals surface area contributed by atoms with Gasteiger partial charge in [-0.3, -0.25) is 0 Å². The summed E-state index contributed by atoms with van der Waals surface area (Å²) in [6.07, 6.45) is 1.98. The summed E-state index contributed by atoms with van der Waals surface area (Å²) in [4.78, 5) is 12.1. The van der Waals surface area contributed by atoms with Crippen molar-refractivity contribution in [1.82, 2.24) is 4.90 Å². The van der Waals surface area contributed by atoms with Gasteiger partial charge in [-0.2, -0.15) is 0 Å². The molecule has 1 radical (unpaired) electrons. The van der Waals surface area contributed by atoms with E-state index in [4.69, 9.17) is 10.5 Å². The van der Waals surface area contributed by atoms with Crippen molar-refractivity contribution < 1.29 is 9.53 Å². The second-order valence-electron chi connectivity index (χ2n) is 2.25. The summed E-state index contributed by atoms with van der Waals surface area (Å²) < 4.78 is 4.99. The molecule has 57 valence electrons. The van der Waals surface area contributed by atoms with Crippen LogP contribution in [0.4, 0.5) is 4.79 Å². The average molecular weight is 143 g/mol. The van der Waals surface area contributed by atoms with Crippen LogP contribution in [0.1, 0.15) is 0 Å². The zero-order valence-corrected chi connectivity index (χ0v) is 5.91. The van der Waals surface area contributed by atoms with Crippen molar-refractivity contribution in [3.63, 3.8) is 0 Å². The lowest BCUT2D eigenvalue weighted by atomic mass is 10.3. The quantitative estimate of drug-likeness (QED) is 0.543. The number of urea groups is 1. The fraction of sp³-hybridized carbons (Fsp3) is 0.667. The molecule has 1 heterocycles. The van der Waals surface area contributed by atoms with Crippen LogP contribution in [-0.4, -0.2) is 37.2 Å². The molecule has 1 atom stereocenters. The van der Waals surface area contributed by atoms with Crippen LogP contribution in [0.25, 0.3) is 0 Å². The van der Waals surface area contributed by atoms with Gasteiger partial charge in [-0.25, -0.2) is 4.79 Å². The Morgan fingerprint density at radius 3 is 2.90 bits per heavy atom. The number of amides is 2. The summed E-state index contributed by atoms with van der Waals surface area (Å²) >= 11 is 0. The van der Waals surface area contributed by atoms with Gasteiger partial charge in [0, 0.05) is 26.6 Å². The fourth-order valence-electron chi connectivity index (χ4n) is 0.962. The number of hydrogen-bond donors (Lipinski definition) is 1. The Balaban J connectivity index is 2.35. The van der Waals surface area contributed by atoms with Crippen molar-refractivity contribution in [2.45, 2.75) is 6.10 Å². The number of likely N-dealkylation sites (tertiary alicyclic amines) is 1. The van der Waals surface area contributed by atoms with E-state index >= 15 is 0 Å². The molecular formula is C6H11N2O2. The smallest absolute Gasteiger partial charge is 0.314 e. The molecule has 1 saturated heterocycles. The molecule has 10 heavy (non-hydrogen) atoms. The van der Waals surface area contributed by atoms with Gasteiger partial charge in [-0.15, -0.1) is 0 Å². The van der Waals surface area contributed by atoms with E-state index in [1.54, 1.807) is 7.11 Å². The first kappa shape index (κ1) is 7.34. The molecule has 0 aromatic carbocycles. The van der Waals surface area contributed by atoms with Crippen LogP contribution in [0.5, 0.6) is 0 Å². The number of carbonyl (C=O) groups excluding carboxylic acids is 1. The lowest BCUT2D eigenvalue weighted by Gasteiger charge is -2.11. The maximum atomic E-state index is 10.5. The van der Waals surface area contributed by atoms with E-state index in [0.717, 1.165) is 0 Å².